The first-order chi connectivity index (χ1) is 22.3. The number of furan rings is 1. The summed E-state index contributed by atoms with van der Waals surface area (Å²) in [6, 6.07) is 11.2. The normalized spacial score (nSPS) is 17.0. The summed E-state index contributed by atoms with van der Waals surface area (Å²) in [5.74, 6) is -3.98. The molecule has 46 heavy (non-hydrogen) atoms. The Balaban J connectivity index is 0.894. The third-order valence-electron chi connectivity index (χ3n) is 7.64. The molecule has 0 saturated carbocycles. The predicted octanol–water partition coefficient (Wildman–Crippen LogP) is 1.30. The standard InChI is InChI=1S/C32H27N3O11/c36-24-9-8-21(29(39)34-24)35-31(41)19-6-3-7-22(25(19)32(35)42)45-15-14-44-13-12-43-11-10-33-30(40)23-16-20-26(37)17-4-1-2-5-18(17)27(38)28(20)46-23/h1-7,16,21H,8-15H2,(H,33,40)(H,34,36,39). The Kier molecular flexibility index (Phi) is 8.55. The number of imide groups is 2. The number of nitrogens with one attached hydrogen (secondary N) is 2. The number of piperidine rings is 1. The Labute approximate surface area is 260 Å². The van der Waals surface area contributed by atoms with Gasteiger partial charge in [0.15, 0.2) is 17.3 Å². The summed E-state index contributed by atoms with van der Waals surface area (Å²) in [7, 11) is 0. The fourth-order valence-corrected chi connectivity index (χ4v) is 5.45. The third kappa shape index (κ3) is 5.71. The number of carbonyl (C=O) groups excluding carboxylic acids is 7. The van der Waals surface area contributed by atoms with Gasteiger partial charge >= 0.3 is 0 Å². The van der Waals surface area contributed by atoms with Crippen LogP contribution in [0.3, 0.4) is 0 Å². The van der Waals surface area contributed by atoms with Crippen molar-refractivity contribution in [2.24, 2.45) is 0 Å². The molecular weight excluding hydrogens is 602 g/mol. The van der Waals surface area contributed by atoms with Gasteiger partial charge in [-0.1, -0.05) is 30.3 Å². The molecule has 1 aromatic heterocycles. The van der Waals surface area contributed by atoms with Crippen molar-refractivity contribution in [3.63, 3.8) is 0 Å². The van der Waals surface area contributed by atoms with Gasteiger partial charge in [-0.2, -0.15) is 0 Å². The van der Waals surface area contributed by atoms with Gasteiger partial charge in [-0.05, 0) is 18.6 Å². The molecule has 14 heteroatoms. The van der Waals surface area contributed by atoms with Crippen molar-refractivity contribution in [1.82, 2.24) is 15.5 Å². The monoisotopic (exact) mass is 629 g/mol. The van der Waals surface area contributed by atoms with Gasteiger partial charge in [-0.3, -0.25) is 43.8 Å². The minimum atomic E-state index is -1.07. The quantitative estimate of drug-likeness (QED) is 0.170. The smallest absolute Gasteiger partial charge is 0.287 e. The van der Waals surface area contributed by atoms with Crippen molar-refractivity contribution in [3.8, 4) is 5.75 Å². The third-order valence-corrected chi connectivity index (χ3v) is 7.64. The van der Waals surface area contributed by atoms with E-state index >= 15 is 0 Å². The number of amides is 5. The van der Waals surface area contributed by atoms with Crippen LogP contribution < -0.4 is 15.4 Å². The van der Waals surface area contributed by atoms with Gasteiger partial charge in [-0.25, -0.2) is 0 Å². The van der Waals surface area contributed by atoms with E-state index in [0.29, 0.717) is 0 Å². The van der Waals surface area contributed by atoms with E-state index in [4.69, 9.17) is 18.6 Å². The number of hydrogen-bond donors (Lipinski definition) is 2. The molecule has 3 aromatic rings. The molecule has 1 atom stereocenters. The highest BCUT2D eigenvalue weighted by Crippen LogP contribution is 2.34. The van der Waals surface area contributed by atoms with Gasteiger partial charge < -0.3 is 23.9 Å². The van der Waals surface area contributed by atoms with Gasteiger partial charge in [0.2, 0.25) is 17.6 Å². The maximum Gasteiger partial charge on any atom is 0.287 e. The minimum Gasteiger partial charge on any atom is -0.490 e. The summed E-state index contributed by atoms with van der Waals surface area (Å²) in [5.41, 5.74) is 0.728. The molecule has 3 aliphatic rings. The first kappa shape index (κ1) is 30.6. The molecule has 0 bridgehead atoms. The van der Waals surface area contributed by atoms with Crippen molar-refractivity contribution in [2.75, 3.05) is 39.6 Å². The molecule has 1 unspecified atom stereocenters. The first-order valence-corrected chi connectivity index (χ1v) is 14.5. The predicted molar refractivity (Wildman–Crippen MR) is 155 cm³/mol. The second-order valence-electron chi connectivity index (χ2n) is 10.5. The molecule has 3 heterocycles. The number of ether oxygens (including phenoxy) is 3. The Bertz CT molecular complexity index is 1740. The van der Waals surface area contributed by atoms with Crippen molar-refractivity contribution in [3.05, 3.63) is 87.9 Å². The highest BCUT2D eigenvalue weighted by molar-refractivity contribution is 6.28. The summed E-state index contributed by atoms with van der Waals surface area (Å²) >= 11 is 0. The van der Waals surface area contributed by atoms with Crippen molar-refractivity contribution in [1.29, 1.82) is 0 Å². The lowest BCUT2D eigenvalue weighted by Crippen LogP contribution is -2.54. The van der Waals surface area contributed by atoms with Crippen molar-refractivity contribution < 1.29 is 52.2 Å². The van der Waals surface area contributed by atoms with E-state index < -0.39 is 41.4 Å². The summed E-state index contributed by atoms with van der Waals surface area (Å²) in [6.07, 6.45) is 0.0813. The van der Waals surface area contributed by atoms with E-state index in [9.17, 15) is 33.6 Å². The van der Waals surface area contributed by atoms with E-state index in [1.54, 1.807) is 30.3 Å². The van der Waals surface area contributed by atoms with Gasteiger partial charge in [0.25, 0.3) is 17.7 Å². The zero-order chi connectivity index (χ0) is 32.4. The number of nitrogens with zero attached hydrogens (tertiary/aromatic N) is 1. The maximum absolute atomic E-state index is 13.1. The number of carbonyl (C=O) groups is 7. The molecule has 5 amide bonds. The molecule has 2 aliphatic heterocycles. The van der Waals surface area contributed by atoms with Gasteiger partial charge in [0.1, 0.15) is 18.4 Å². The Hall–Kier alpha value is -5.47. The topological polar surface area (TPSA) is 188 Å². The Morgan fingerprint density at radius 1 is 0.826 bits per heavy atom. The van der Waals surface area contributed by atoms with Crippen LogP contribution in [-0.2, 0) is 19.1 Å². The van der Waals surface area contributed by atoms with Gasteiger partial charge in [0.05, 0.1) is 43.1 Å². The van der Waals surface area contributed by atoms with Crippen LogP contribution in [0, 0.1) is 0 Å². The van der Waals surface area contributed by atoms with E-state index in [1.165, 1.54) is 18.2 Å². The molecule has 2 aromatic carbocycles. The average Bonchev–Trinajstić information content (AvgIpc) is 3.61. The average molecular weight is 630 g/mol. The fraction of sp³-hybridized carbons (Fsp3) is 0.281. The SMILES string of the molecule is O=C1CCC(N2C(=O)c3cccc(OCCOCCOCCNC(=O)c4cc5c(o4)C(=O)c4ccccc4C5=O)c3C2=O)C(=O)N1. The number of rotatable bonds is 12. The Morgan fingerprint density at radius 3 is 2.28 bits per heavy atom. The molecule has 1 fully saturated rings. The van der Waals surface area contributed by atoms with E-state index in [2.05, 4.69) is 10.6 Å². The lowest BCUT2D eigenvalue weighted by molar-refractivity contribution is -0.136. The van der Waals surface area contributed by atoms with E-state index in [0.717, 1.165) is 4.90 Å². The molecule has 0 radical (unpaired) electrons. The summed E-state index contributed by atoms with van der Waals surface area (Å²) in [5, 5.41) is 4.77. The van der Waals surface area contributed by atoms with Crippen LogP contribution in [0.1, 0.15) is 76.2 Å². The second-order valence-corrected chi connectivity index (χ2v) is 10.5. The molecule has 1 aliphatic carbocycles. The first-order valence-electron chi connectivity index (χ1n) is 14.5. The number of benzene rings is 2. The van der Waals surface area contributed by atoms with Crippen LogP contribution in [0.2, 0.25) is 0 Å². The molecule has 6 rings (SSSR count). The molecule has 236 valence electrons. The van der Waals surface area contributed by atoms with Gasteiger partial charge in [0, 0.05) is 30.2 Å². The number of ketones is 2. The molecule has 0 spiro atoms. The van der Waals surface area contributed by atoms with Crippen LogP contribution >= 0.6 is 0 Å². The van der Waals surface area contributed by atoms with Gasteiger partial charge in [-0.15, -0.1) is 0 Å². The van der Waals surface area contributed by atoms with Crippen molar-refractivity contribution in [2.45, 2.75) is 18.9 Å². The second kappa shape index (κ2) is 12.9. The summed E-state index contributed by atoms with van der Waals surface area (Å²) < 4.78 is 22.1. The summed E-state index contributed by atoms with van der Waals surface area (Å²) in [4.78, 5) is 88.5. The highest BCUT2D eigenvalue weighted by Gasteiger charge is 2.46. The summed E-state index contributed by atoms with van der Waals surface area (Å²) in [6.45, 7) is 0.923. The molecule has 14 nitrogen and oxygen atoms in total. The molecule has 1 saturated heterocycles. The fourth-order valence-electron chi connectivity index (χ4n) is 5.45. The molecular formula is C32H27N3O11. The lowest BCUT2D eigenvalue weighted by atomic mass is 9.89. The van der Waals surface area contributed by atoms with Crippen molar-refractivity contribution >= 4 is 41.1 Å². The largest absolute Gasteiger partial charge is 0.490 e. The van der Waals surface area contributed by atoms with Crippen LogP contribution in [0.25, 0.3) is 0 Å². The number of hydrogen-bond acceptors (Lipinski definition) is 11. The number of fused-ring (bicyclic) bond motifs is 3. The van der Waals surface area contributed by atoms with E-state index in [1.807, 2.05) is 0 Å². The molecule has 2 N–H and O–H groups in total. The van der Waals surface area contributed by atoms with E-state index in [-0.39, 0.29) is 103 Å². The van der Waals surface area contributed by atoms with Crippen LogP contribution in [0.5, 0.6) is 5.75 Å². The lowest BCUT2D eigenvalue weighted by Gasteiger charge is -2.27. The van der Waals surface area contributed by atoms with Crippen LogP contribution in [0.4, 0.5) is 0 Å². The minimum absolute atomic E-state index is 0.0255. The van der Waals surface area contributed by atoms with Crippen LogP contribution in [0.15, 0.2) is 52.9 Å². The Morgan fingerprint density at radius 2 is 1.52 bits per heavy atom. The van der Waals surface area contributed by atoms with Crippen LogP contribution in [-0.4, -0.2) is 91.6 Å². The zero-order valence-electron chi connectivity index (χ0n) is 24.3. The maximum atomic E-state index is 13.1. The zero-order valence-corrected chi connectivity index (χ0v) is 24.3. The highest BCUT2D eigenvalue weighted by atomic mass is 16.5.